The molecule has 108 valence electrons. The molecular weight excluding hydrogens is 359 g/mol. The molecule has 1 aromatic heterocycles. The second kappa shape index (κ2) is 5.31. The van der Waals surface area contributed by atoms with E-state index >= 15 is 0 Å². The number of hydrogen-bond donors (Lipinski definition) is 0. The lowest BCUT2D eigenvalue weighted by Crippen LogP contribution is -2.31. The van der Waals surface area contributed by atoms with E-state index in [0.29, 0.717) is 23.1 Å². The maximum atomic E-state index is 13.4. The average Bonchev–Trinajstić information content (AvgIpc) is 2.93. The standard InChI is InChI=1S/C14H10BrFN2O2S/c1-7-11(21-6-17-7)2-3-18-12-9(13(19)14(18)20)4-8(16)5-10(12)15/h4-6H,2-3H2,1H3. The van der Waals surface area contributed by atoms with Crippen LogP contribution in [0.1, 0.15) is 20.9 Å². The highest BCUT2D eigenvalue weighted by Gasteiger charge is 2.37. The third kappa shape index (κ3) is 2.40. The van der Waals surface area contributed by atoms with Crippen molar-refractivity contribution in [3.8, 4) is 0 Å². The lowest BCUT2D eigenvalue weighted by Gasteiger charge is -2.17. The molecule has 4 nitrogen and oxygen atoms in total. The molecule has 7 heteroatoms. The Balaban J connectivity index is 1.93. The molecule has 1 aliphatic rings. The molecule has 0 aliphatic carbocycles. The maximum absolute atomic E-state index is 13.4. The van der Waals surface area contributed by atoms with Crippen molar-refractivity contribution in [1.82, 2.24) is 4.98 Å². The summed E-state index contributed by atoms with van der Waals surface area (Å²) in [5, 5.41) is 0. The summed E-state index contributed by atoms with van der Waals surface area (Å²) in [4.78, 5) is 30.7. The predicted molar refractivity (Wildman–Crippen MR) is 81.3 cm³/mol. The Bertz CT molecular complexity index is 759. The molecule has 0 atom stereocenters. The largest absolute Gasteiger partial charge is 0.303 e. The number of amides is 1. The van der Waals surface area contributed by atoms with Gasteiger partial charge in [0, 0.05) is 22.3 Å². The van der Waals surface area contributed by atoms with E-state index in [2.05, 4.69) is 20.9 Å². The van der Waals surface area contributed by atoms with E-state index in [1.54, 1.807) is 5.51 Å². The number of benzene rings is 1. The van der Waals surface area contributed by atoms with Gasteiger partial charge in [0.1, 0.15) is 5.82 Å². The Kier molecular flexibility index (Phi) is 3.62. The van der Waals surface area contributed by atoms with E-state index in [-0.39, 0.29) is 5.56 Å². The van der Waals surface area contributed by atoms with Gasteiger partial charge in [-0.15, -0.1) is 11.3 Å². The van der Waals surface area contributed by atoms with Crippen LogP contribution in [0.3, 0.4) is 0 Å². The number of aromatic nitrogens is 1. The van der Waals surface area contributed by atoms with Crippen LogP contribution >= 0.6 is 27.3 Å². The number of hydrogen-bond acceptors (Lipinski definition) is 4. The van der Waals surface area contributed by atoms with Crippen molar-refractivity contribution in [3.63, 3.8) is 0 Å². The molecule has 0 radical (unpaired) electrons. The average molecular weight is 369 g/mol. The summed E-state index contributed by atoms with van der Waals surface area (Å²) in [5.41, 5.74) is 3.25. The van der Waals surface area contributed by atoms with E-state index in [0.717, 1.165) is 16.6 Å². The number of carbonyl (C=O) groups excluding carboxylic acids is 2. The van der Waals surface area contributed by atoms with Crippen LogP contribution in [0.5, 0.6) is 0 Å². The van der Waals surface area contributed by atoms with Crippen LogP contribution in [0.15, 0.2) is 22.1 Å². The molecule has 1 aromatic carbocycles. The molecule has 0 unspecified atom stereocenters. The first-order chi connectivity index (χ1) is 9.99. The minimum Gasteiger partial charge on any atom is -0.303 e. The van der Waals surface area contributed by atoms with Gasteiger partial charge in [0.05, 0.1) is 22.5 Å². The zero-order valence-electron chi connectivity index (χ0n) is 11.0. The molecule has 1 aliphatic heterocycles. The van der Waals surface area contributed by atoms with Gasteiger partial charge in [-0.2, -0.15) is 0 Å². The van der Waals surface area contributed by atoms with Crippen molar-refractivity contribution < 1.29 is 14.0 Å². The molecule has 0 spiro atoms. The van der Waals surface area contributed by atoms with Gasteiger partial charge in [0.2, 0.25) is 0 Å². The van der Waals surface area contributed by atoms with Gasteiger partial charge in [-0.05, 0) is 35.0 Å². The predicted octanol–water partition coefficient (Wildman–Crippen LogP) is 3.13. The summed E-state index contributed by atoms with van der Waals surface area (Å²) in [6.45, 7) is 2.27. The van der Waals surface area contributed by atoms with E-state index in [4.69, 9.17) is 0 Å². The van der Waals surface area contributed by atoms with Crippen molar-refractivity contribution in [2.75, 3.05) is 11.4 Å². The number of rotatable bonds is 3. The summed E-state index contributed by atoms with van der Waals surface area (Å²) >= 11 is 4.75. The quantitative estimate of drug-likeness (QED) is 0.782. The highest BCUT2D eigenvalue weighted by Crippen LogP contribution is 2.37. The Morgan fingerprint density at radius 1 is 1.38 bits per heavy atom. The molecule has 0 N–H and O–H groups in total. The van der Waals surface area contributed by atoms with Gasteiger partial charge in [-0.3, -0.25) is 9.59 Å². The smallest absolute Gasteiger partial charge is 0.299 e. The monoisotopic (exact) mass is 368 g/mol. The second-order valence-corrected chi connectivity index (χ2v) is 6.47. The Morgan fingerprint density at radius 3 is 2.81 bits per heavy atom. The molecule has 2 heterocycles. The number of fused-ring (bicyclic) bond motifs is 1. The van der Waals surface area contributed by atoms with Crippen LogP contribution in [0.4, 0.5) is 10.1 Å². The number of halogens is 2. The molecule has 21 heavy (non-hydrogen) atoms. The number of anilines is 1. The van der Waals surface area contributed by atoms with Crippen LogP contribution in [0.25, 0.3) is 0 Å². The minimum atomic E-state index is -0.661. The van der Waals surface area contributed by atoms with Crippen molar-refractivity contribution in [1.29, 1.82) is 0 Å². The third-order valence-electron chi connectivity index (χ3n) is 3.39. The van der Waals surface area contributed by atoms with Crippen molar-refractivity contribution in [2.45, 2.75) is 13.3 Å². The van der Waals surface area contributed by atoms with E-state index < -0.39 is 17.5 Å². The summed E-state index contributed by atoms with van der Waals surface area (Å²) in [7, 11) is 0. The lowest BCUT2D eigenvalue weighted by atomic mass is 10.1. The van der Waals surface area contributed by atoms with Gasteiger partial charge >= 0.3 is 0 Å². The van der Waals surface area contributed by atoms with E-state index in [9.17, 15) is 14.0 Å². The highest BCUT2D eigenvalue weighted by molar-refractivity contribution is 9.10. The summed E-state index contributed by atoms with van der Waals surface area (Å²) in [5.74, 6) is -1.81. The molecule has 3 rings (SSSR count). The van der Waals surface area contributed by atoms with Crippen LogP contribution in [0.2, 0.25) is 0 Å². The number of nitrogens with zero attached hydrogens (tertiary/aromatic N) is 2. The molecule has 0 saturated heterocycles. The van der Waals surface area contributed by atoms with Crippen LogP contribution in [0, 0.1) is 12.7 Å². The van der Waals surface area contributed by atoms with Crippen LogP contribution in [-0.4, -0.2) is 23.2 Å². The number of aryl methyl sites for hydroxylation is 1. The Hall–Kier alpha value is -1.60. The Labute approximate surface area is 132 Å². The fourth-order valence-electron chi connectivity index (χ4n) is 2.35. The zero-order valence-corrected chi connectivity index (χ0v) is 13.4. The van der Waals surface area contributed by atoms with Gasteiger partial charge < -0.3 is 4.90 Å². The summed E-state index contributed by atoms with van der Waals surface area (Å²) in [6.07, 6.45) is 0.610. The molecule has 1 amide bonds. The highest BCUT2D eigenvalue weighted by atomic mass is 79.9. The van der Waals surface area contributed by atoms with Crippen LogP contribution < -0.4 is 4.90 Å². The fourth-order valence-corrected chi connectivity index (χ4v) is 3.76. The van der Waals surface area contributed by atoms with Crippen molar-refractivity contribution in [3.05, 3.63) is 44.1 Å². The third-order valence-corrected chi connectivity index (χ3v) is 4.99. The normalized spacial score (nSPS) is 14.0. The molecule has 2 aromatic rings. The SMILES string of the molecule is Cc1ncsc1CCN1C(=O)C(=O)c2cc(F)cc(Br)c21. The van der Waals surface area contributed by atoms with Crippen molar-refractivity contribution >= 4 is 44.6 Å². The summed E-state index contributed by atoms with van der Waals surface area (Å²) in [6, 6.07) is 2.37. The summed E-state index contributed by atoms with van der Waals surface area (Å²) < 4.78 is 13.8. The first kappa shape index (κ1) is 14.3. The first-order valence-corrected chi connectivity index (χ1v) is 7.90. The van der Waals surface area contributed by atoms with Gasteiger partial charge in [0.25, 0.3) is 11.7 Å². The molecule has 0 fully saturated rings. The number of ketones is 1. The fraction of sp³-hybridized carbons (Fsp3) is 0.214. The number of Topliss-reactive ketones (excluding diaryl/α,β-unsaturated/α-hetero) is 1. The number of carbonyl (C=O) groups is 2. The lowest BCUT2D eigenvalue weighted by molar-refractivity contribution is -0.114. The Morgan fingerprint density at radius 2 is 2.14 bits per heavy atom. The molecular formula is C14H10BrFN2O2S. The number of thiazole rings is 1. The zero-order chi connectivity index (χ0) is 15.1. The van der Waals surface area contributed by atoms with Crippen molar-refractivity contribution in [2.24, 2.45) is 0 Å². The maximum Gasteiger partial charge on any atom is 0.299 e. The topological polar surface area (TPSA) is 50.3 Å². The molecule has 0 saturated carbocycles. The van der Waals surface area contributed by atoms with Gasteiger partial charge in [-0.25, -0.2) is 9.37 Å². The van der Waals surface area contributed by atoms with Gasteiger partial charge in [0.15, 0.2) is 0 Å². The molecule has 0 bridgehead atoms. The first-order valence-electron chi connectivity index (χ1n) is 6.23. The second-order valence-electron chi connectivity index (χ2n) is 4.68. The minimum absolute atomic E-state index is 0.118. The van der Waals surface area contributed by atoms with E-state index in [1.165, 1.54) is 22.3 Å². The van der Waals surface area contributed by atoms with Crippen LogP contribution in [-0.2, 0) is 11.2 Å². The van der Waals surface area contributed by atoms with E-state index in [1.807, 2.05) is 6.92 Å². The van der Waals surface area contributed by atoms with Gasteiger partial charge in [-0.1, -0.05) is 0 Å².